The van der Waals surface area contributed by atoms with E-state index in [2.05, 4.69) is 0 Å². The predicted octanol–water partition coefficient (Wildman–Crippen LogP) is 0.994. The maximum absolute atomic E-state index is 11.2. The molecule has 0 saturated heterocycles. The lowest BCUT2D eigenvalue weighted by Gasteiger charge is -2.03. The van der Waals surface area contributed by atoms with Gasteiger partial charge >= 0.3 is 0 Å². The van der Waals surface area contributed by atoms with Crippen molar-refractivity contribution in [3.8, 4) is 0 Å². The Balaban J connectivity index is 2.72. The van der Waals surface area contributed by atoms with E-state index in [0.29, 0.717) is 0 Å². The van der Waals surface area contributed by atoms with E-state index in [1.807, 2.05) is 19.1 Å². The molecule has 0 bridgehead atoms. The molecule has 4 nitrogen and oxygen atoms in total. The highest BCUT2D eigenvalue weighted by Crippen LogP contribution is 2.08. The van der Waals surface area contributed by atoms with Crippen LogP contribution in [0.4, 0.5) is 0 Å². The third-order valence-corrected chi connectivity index (χ3v) is 2.68. The molecule has 0 spiro atoms. The summed E-state index contributed by atoms with van der Waals surface area (Å²) in [6.45, 7) is 1.84. The van der Waals surface area contributed by atoms with E-state index in [9.17, 15) is 13.2 Å². The number of benzene rings is 1. The second kappa shape index (κ2) is 4.55. The van der Waals surface area contributed by atoms with E-state index < -0.39 is 21.7 Å². The Kier molecular flexibility index (Phi) is 3.60. The lowest BCUT2D eigenvalue weighted by atomic mass is 10.0. The van der Waals surface area contributed by atoms with Crippen LogP contribution in [0.15, 0.2) is 24.3 Å². The zero-order valence-electron chi connectivity index (χ0n) is 8.30. The van der Waals surface area contributed by atoms with Crippen molar-refractivity contribution in [1.82, 2.24) is 0 Å². The molecule has 0 fully saturated rings. The summed E-state index contributed by atoms with van der Waals surface area (Å²) in [5.74, 6) is -1.33. The number of ketones is 1. The largest absolute Gasteiger partial charge is 0.298 e. The van der Waals surface area contributed by atoms with Gasteiger partial charge in [0.05, 0.1) is 0 Å². The zero-order valence-corrected chi connectivity index (χ0v) is 9.12. The summed E-state index contributed by atoms with van der Waals surface area (Å²) in [5.41, 5.74) is 1.72. The van der Waals surface area contributed by atoms with Gasteiger partial charge in [0.2, 0.25) is 0 Å². The molecule has 0 saturated carbocycles. The van der Waals surface area contributed by atoms with Gasteiger partial charge in [0.25, 0.3) is 10.1 Å². The average Bonchev–Trinajstić information content (AvgIpc) is 2.05. The molecule has 5 heteroatoms. The molecule has 0 aliphatic carbocycles. The van der Waals surface area contributed by atoms with Crippen LogP contribution in [-0.4, -0.2) is 24.5 Å². The Bertz CT molecular complexity index is 462. The van der Waals surface area contributed by atoms with Crippen LogP contribution < -0.4 is 0 Å². The van der Waals surface area contributed by atoms with Crippen LogP contribution in [0.2, 0.25) is 0 Å². The van der Waals surface area contributed by atoms with Crippen molar-refractivity contribution in [1.29, 1.82) is 0 Å². The molecule has 0 heterocycles. The SMILES string of the molecule is Cc1ccccc1CC(=O)CS(=O)(=O)O. The van der Waals surface area contributed by atoms with Crippen molar-refractivity contribution in [3.63, 3.8) is 0 Å². The minimum atomic E-state index is -4.21. The van der Waals surface area contributed by atoms with Crippen LogP contribution in [0.3, 0.4) is 0 Å². The van der Waals surface area contributed by atoms with Crippen molar-refractivity contribution < 1.29 is 17.8 Å². The molecule has 0 aromatic heterocycles. The third-order valence-electron chi connectivity index (χ3n) is 1.99. The molecule has 0 amide bonds. The number of Topliss-reactive ketones (excluding diaryl/α,β-unsaturated/α-hetero) is 1. The number of carbonyl (C=O) groups is 1. The normalized spacial score (nSPS) is 11.3. The van der Waals surface area contributed by atoms with E-state index in [0.717, 1.165) is 11.1 Å². The Morgan fingerprint density at radius 2 is 1.93 bits per heavy atom. The molecule has 0 unspecified atom stereocenters. The molecule has 15 heavy (non-hydrogen) atoms. The minimum absolute atomic E-state index is 0.0342. The first-order valence-corrected chi connectivity index (χ1v) is 6.01. The predicted molar refractivity (Wildman–Crippen MR) is 56.3 cm³/mol. The summed E-state index contributed by atoms with van der Waals surface area (Å²) in [7, 11) is -4.21. The molecule has 1 rings (SSSR count). The van der Waals surface area contributed by atoms with Gasteiger partial charge in [-0.15, -0.1) is 0 Å². The first kappa shape index (κ1) is 11.9. The van der Waals surface area contributed by atoms with Gasteiger partial charge in [0, 0.05) is 6.42 Å². The molecule has 0 aliphatic heterocycles. The van der Waals surface area contributed by atoms with Crippen LogP contribution in [-0.2, 0) is 21.3 Å². The lowest BCUT2D eigenvalue weighted by Crippen LogP contribution is -2.17. The molecular formula is C10H12O4S. The number of aryl methyl sites for hydroxylation is 1. The summed E-state index contributed by atoms with van der Waals surface area (Å²) in [4.78, 5) is 11.2. The average molecular weight is 228 g/mol. The standard InChI is InChI=1S/C10H12O4S/c1-8-4-2-3-5-9(8)6-10(11)7-15(12,13)14/h2-5H,6-7H2,1H3,(H,12,13,14). The number of rotatable bonds is 4. The van der Waals surface area contributed by atoms with Gasteiger partial charge in [0.15, 0.2) is 5.78 Å². The fourth-order valence-corrected chi connectivity index (χ4v) is 1.78. The first-order chi connectivity index (χ1) is 6.88. The van der Waals surface area contributed by atoms with Gasteiger partial charge in [-0.2, -0.15) is 8.42 Å². The fourth-order valence-electron chi connectivity index (χ4n) is 1.28. The van der Waals surface area contributed by atoms with E-state index in [1.165, 1.54) is 0 Å². The molecule has 1 aromatic rings. The molecule has 1 aromatic carbocycles. The van der Waals surface area contributed by atoms with Crippen LogP contribution in [0, 0.1) is 6.92 Å². The Labute approximate surface area is 88.7 Å². The van der Waals surface area contributed by atoms with E-state index >= 15 is 0 Å². The highest BCUT2D eigenvalue weighted by molar-refractivity contribution is 7.86. The van der Waals surface area contributed by atoms with Crippen LogP contribution in [0.1, 0.15) is 11.1 Å². The second-order valence-electron chi connectivity index (χ2n) is 3.37. The molecule has 82 valence electrons. The molecule has 0 atom stereocenters. The summed E-state index contributed by atoms with van der Waals surface area (Å²) in [6, 6.07) is 7.22. The van der Waals surface area contributed by atoms with E-state index in [-0.39, 0.29) is 6.42 Å². The van der Waals surface area contributed by atoms with E-state index in [1.54, 1.807) is 12.1 Å². The third kappa shape index (κ3) is 4.22. The molecular weight excluding hydrogens is 216 g/mol. The van der Waals surface area contributed by atoms with Crippen LogP contribution in [0.5, 0.6) is 0 Å². The first-order valence-electron chi connectivity index (χ1n) is 4.40. The Hall–Kier alpha value is -1.20. The number of hydrogen-bond donors (Lipinski definition) is 1. The highest BCUT2D eigenvalue weighted by Gasteiger charge is 2.13. The topological polar surface area (TPSA) is 71.4 Å². The molecule has 0 aliphatic rings. The maximum atomic E-state index is 11.2. The van der Waals surface area contributed by atoms with Crippen molar-refractivity contribution in [3.05, 3.63) is 35.4 Å². The van der Waals surface area contributed by atoms with Gasteiger partial charge in [-0.05, 0) is 18.1 Å². The smallest absolute Gasteiger partial charge is 0.272 e. The second-order valence-corrected chi connectivity index (χ2v) is 4.82. The fraction of sp³-hybridized carbons (Fsp3) is 0.300. The van der Waals surface area contributed by atoms with Crippen molar-refractivity contribution in [2.24, 2.45) is 0 Å². The molecule has 0 radical (unpaired) electrons. The van der Waals surface area contributed by atoms with Crippen molar-refractivity contribution in [2.45, 2.75) is 13.3 Å². The van der Waals surface area contributed by atoms with Crippen LogP contribution in [0.25, 0.3) is 0 Å². The summed E-state index contributed by atoms with van der Waals surface area (Å²) in [6.07, 6.45) is 0.0342. The highest BCUT2D eigenvalue weighted by atomic mass is 32.2. The monoisotopic (exact) mass is 228 g/mol. The van der Waals surface area contributed by atoms with Gasteiger partial charge in [-0.1, -0.05) is 24.3 Å². The summed E-state index contributed by atoms with van der Waals surface area (Å²) < 4.78 is 29.4. The van der Waals surface area contributed by atoms with Gasteiger partial charge in [0.1, 0.15) is 5.75 Å². The lowest BCUT2D eigenvalue weighted by molar-refractivity contribution is -0.116. The summed E-state index contributed by atoms with van der Waals surface area (Å²) in [5, 5.41) is 0. The minimum Gasteiger partial charge on any atom is -0.298 e. The van der Waals surface area contributed by atoms with Crippen LogP contribution >= 0.6 is 0 Å². The van der Waals surface area contributed by atoms with Gasteiger partial charge in [-0.3, -0.25) is 9.35 Å². The van der Waals surface area contributed by atoms with Gasteiger partial charge in [-0.25, -0.2) is 0 Å². The number of carbonyl (C=O) groups excluding carboxylic acids is 1. The maximum Gasteiger partial charge on any atom is 0.272 e. The quantitative estimate of drug-likeness (QED) is 0.780. The van der Waals surface area contributed by atoms with Crippen molar-refractivity contribution in [2.75, 3.05) is 5.75 Å². The molecule has 1 N–H and O–H groups in total. The van der Waals surface area contributed by atoms with Gasteiger partial charge < -0.3 is 0 Å². The Morgan fingerprint density at radius 1 is 1.33 bits per heavy atom. The zero-order chi connectivity index (χ0) is 11.5. The van der Waals surface area contributed by atoms with E-state index in [4.69, 9.17) is 4.55 Å². The summed E-state index contributed by atoms with van der Waals surface area (Å²) >= 11 is 0. The Morgan fingerprint density at radius 3 is 2.47 bits per heavy atom. The van der Waals surface area contributed by atoms with Crippen molar-refractivity contribution >= 4 is 15.9 Å². The number of hydrogen-bond acceptors (Lipinski definition) is 3.